The van der Waals surface area contributed by atoms with Gasteiger partial charge in [0.1, 0.15) is 11.4 Å². The van der Waals surface area contributed by atoms with Gasteiger partial charge >= 0.3 is 0 Å². The summed E-state index contributed by atoms with van der Waals surface area (Å²) >= 11 is 0. The van der Waals surface area contributed by atoms with Crippen LogP contribution in [0.25, 0.3) is 0 Å². The number of hydrogen-bond acceptors (Lipinski definition) is 6. The largest absolute Gasteiger partial charge is 0.506 e. The van der Waals surface area contributed by atoms with Crippen LogP contribution in [0.2, 0.25) is 0 Å². The van der Waals surface area contributed by atoms with Gasteiger partial charge in [-0.3, -0.25) is 4.98 Å². The number of oxime groups is 1. The Balaban J connectivity index is 1.78. The van der Waals surface area contributed by atoms with E-state index in [-0.39, 0.29) is 11.4 Å². The molecule has 0 aliphatic heterocycles. The summed E-state index contributed by atoms with van der Waals surface area (Å²) in [6.07, 6.45) is 3.92. The van der Waals surface area contributed by atoms with Gasteiger partial charge in [-0.2, -0.15) is 0 Å². The molecule has 2 aromatic heterocycles. The Labute approximate surface area is 135 Å². The molecular formula is C17H22N4O2. The summed E-state index contributed by atoms with van der Waals surface area (Å²) in [5.74, 6) is 0.0108. The molecule has 0 spiro atoms. The second-order valence-corrected chi connectivity index (χ2v) is 5.47. The van der Waals surface area contributed by atoms with E-state index in [9.17, 15) is 5.11 Å². The summed E-state index contributed by atoms with van der Waals surface area (Å²) in [4.78, 5) is 8.60. The van der Waals surface area contributed by atoms with E-state index in [1.807, 2.05) is 26.0 Å². The Kier molecular flexibility index (Phi) is 5.91. The number of aromatic hydroxyl groups is 1. The molecule has 0 unspecified atom stereocenters. The van der Waals surface area contributed by atoms with Crippen molar-refractivity contribution in [1.82, 2.24) is 9.97 Å². The molecule has 6 heteroatoms. The maximum atomic E-state index is 9.57. The minimum atomic E-state index is 0.0108. The number of aryl methyl sites for hydroxylation is 3. The van der Waals surface area contributed by atoms with E-state index in [0.717, 1.165) is 54.8 Å². The topological polar surface area (TPSA) is 90.6 Å². The first kappa shape index (κ1) is 16.7. The van der Waals surface area contributed by atoms with Gasteiger partial charge in [-0.05, 0) is 57.4 Å². The smallest absolute Gasteiger partial charge is 0.142 e. The van der Waals surface area contributed by atoms with Gasteiger partial charge in [0.05, 0.1) is 6.21 Å². The van der Waals surface area contributed by atoms with Gasteiger partial charge in [0.25, 0.3) is 0 Å². The number of aromatic nitrogens is 2. The lowest BCUT2D eigenvalue weighted by Crippen LogP contribution is -2.04. The maximum absolute atomic E-state index is 9.57. The third kappa shape index (κ3) is 5.25. The molecule has 6 nitrogen and oxygen atoms in total. The third-order valence-electron chi connectivity index (χ3n) is 3.41. The molecule has 122 valence electrons. The summed E-state index contributed by atoms with van der Waals surface area (Å²) in [5, 5.41) is 24.4. The van der Waals surface area contributed by atoms with Gasteiger partial charge in [0.2, 0.25) is 0 Å². The van der Waals surface area contributed by atoms with Crippen LogP contribution in [0.3, 0.4) is 0 Å². The average Bonchev–Trinajstić information content (AvgIpc) is 2.49. The first-order chi connectivity index (χ1) is 11.1. The van der Waals surface area contributed by atoms with Crippen LogP contribution in [0.5, 0.6) is 5.75 Å². The van der Waals surface area contributed by atoms with Crippen LogP contribution in [0.15, 0.2) is 29.4 Å². The second-order valence-electron chi connectivity index (χ2n) is 5.47. The van der Waals surface area contributed by atoms with E-state index < -0.39 is 0 Å². The zero-order chi connectivity index (χ0) is 16.7. The normalized spacial score (nSPS) is 11.0. The van der Waals surface area contributed by atoms with Gasteiger partial charge in [-0.25, -0.2) is 4.98 Å². The molecule has 0 radical (unpaired) electrons. The fourth-order valence-electron chi connectivity index (χ4n) is 2.40. The first-order valence-corrected chi connectivity index (χ1v) is 7.64. The van der Waals surface area contributed by atoms with Crippen LogP contribution < -0.4 is 5.32 Å². The molecule has 0 aliphatic carbocycles. The molecule has 2 aromatic rings. The summed E-state index contributed by atoms with van der Waals surface area (Å²) in [7, 11) is 0. The first-order valence-electron chi connectivity index (χ1n) is 7.64. The number of nitrogens with zero attached hydrogens (tertiary/aromatic N) is 3. The highest BCUT2D eigenvalue weighted by atomic mass is 16.4. The van der Waals surface area contributed by atoms with Crippen molar-refractivity contribution >= 4 is 11.9 Å². The lowest BCUT2D eigenvalue weighted by atomic mass is 10.1. The maximum Gasteiger partial charge on any atom is 0.142 e. The molecule has 0 fully saturated rings. The van der Waals surface area contributed by atoms with E-state index in [4.69, 9.17) is 5.21 Å². The van der Waals surface area contributed by atoms with Crippen LogP contribution in [0.4, 0.5) is 5.69 Å². The fourth-order valence-corrected chi connectivity index (χ4v) is 2.40. The van der Waals surface area contributed by atoms with Crippen LogP contribution in [-0.4, -0.2) is 33.0 Å². The van der Waals surface area contributed by atoms with Crippen molar-refractivity contribution in [2.45, 2.75) is 33.1 Å². The van der Waals surface area contributed by atoms with Crippen LogP contribution >= 0.6 is 0 Å². The Bertz CT molecular complexity index is 666. The Morgan fingerprint density at radius 2 is 1.87 bits per heavy atom. The molecule has 2 rings (SSSR count). The lowest BCUT2D eigenvalue weighted by molar-refractivity contribution is 0.321. The predicted octanol–water partition coefficient (Wildman–Crippen LogP) is 3.04. The third-order valence-corrected chi connectivity index (χ3v) is 3.41. The van der Waals surface area contributed by atoms with Crippen molar-refractivity contribution in [3.8, 4) is 5.75 Å². The van der Waals surface area contributed by atoms with Gasteiger partial charge in [-0.1, -0.05) is 5.16 Å². The van der Waals surface area contributed by atoms with Gasteiger partial charge in [0, 0.05) is 29.3 Å². The van der Waals surface area contributed by atoms with Gasteiger partial charge in [0.15, 0.2) is 0 Å². The fraction of sp³-hybridized carbons (Fsp3) is 0.353. The quantitative estimate of drug-likeness (QED) is 0.316. The molecule has 0 aromatic carbocycles. The molecule has 3 N–H and O–H groups in total. The van der Waals surface area contributed by atoms with Crippen molar-refractivity contribution in [3.63, 3.8) is 0 Å². The van der Waals surface area contributed by atoms with Crippen molar-refractivity contribution in [1.29, 1.82) is 0 Å². The Morgan fingerprint density at radius 1 is 1.13 bits per heavy atom. The molecule has 0 atom stereocenters. The average molecular weight is 314 g/mol. The number of nitrogens with one attached hydrogen (secondary N) is 1. The van der Waals surface area contributed by atoms with E-state index >= 15 is 0 Å². The number of anilines is 1. The second kappa shape index (κ2) is 8.12. The standard InChI is InChI=1S/C17H22N4O2/c1-12-9-15(10-13(2)20-12)18-8-4-3-5-14-6-7-17(22)16(21-14)11-19-23/h6-7,9-11,22-23H,3-5,8H2,1-2H3,(H,18,20)/b19-11+. The van der Waals surface area contributed by atoms with Crippen LogP contribution in [-0.2, 0) is 6.42 Å². The zero-order valence-electron chi connectivity index (χ0n) is 13.5. The van der Waals surface area contributed by atoms with E-state index in [2.05, 4.69) is 20.4 Å². The van der Waals surface area contributed by atoms with Crippen molar-refractivity contribution < 1.29 is 10.3 Å². The number of pyridine rings is 2. The zero-order valence-corrected chi connectivity index (χ0v) is 13.5. The molecule has 0 bridgehead atoms. The van der Waals surface area contributed by atoms with Crippen molar-refractivity contribution in [2.75, 3.05) is 11.9 Å². The molecule has 23 heavy (non-hydrogen) atoms. The summed E-state index contributed by atoms with van der Waals surface area (Å²) in [5.41, 5.74) is 4.27. The van der Waals surface area contributed by atoms with Crippen LogP contribution in [0.1, 0.15) is 35.6 Å². The molecule has 0 saturated carbocycles. The van der Waals surface area contributed by atoms with E-state index in [0.29, 0.717) is 0 Å². The highest BCUT2D eigenvalue weighted by Crippen LogP contribution is 2.15. The minimum Gasteiger partial charge on any atom is -0.506 e. The summed E-state index contributed by atoms with van der Waals surface area (Å²) < 4.78 is 0. The summed E-state index contributed by atoms with van der Waals surface area (Å²) in [6.45, 7) is 4.86. The molecule has 0 aliphatic rings. The monoisotopic (exact) mass is 314 g/mol. The number of rotatable bonds is 7. The highest BCUT2D eigenvalue weighted by Gasteiger charge is 2.03. The molecular weight excluding hydrogens is 292 g/mol. The predicted molar refractivity (Wildman–Crippen MR) is 90.4 cm³/mol. The molecule has 0 saturated heterocycles. The Hall–Kier alpha value is -2.63. The summed E-state index contributed by atoms with van der Waals surface area (Å²) in [6, 6.07) is 7.43. The minimum absolute atomic E-state index is 0.0108. The highest BCUT2D eigenvalue weighted by molar-refractivity contribution is 5.80. The number of unbranched alkanes of at least 4 members (excludes halogenated alkanes) is 1. The van der Waals surface area contributed by atoms with E-state index in [1.54, 1.807) is 12.1 Å². The van der Waals surface area contributed by atoms with Crippen LogP contribution in [0, 0.1) is 13.8 Å². The van der Waals surface area contributed by atoms with Gasteiger partial charge in [-0.15, -0.1) is 0 Å². The van der Waals surface area contributed by atoms with Crippen molar-refractivity contribution in [3.05, 3.63) is 47.0 Å². The molecule has 0 amide bonds. The lowest BCUT2D eigenvalue weighted by Gasteiger charge is -2.08. The Morgan fingerprint density at radius 3 is 2.57 bits per heavy atom. The van der Waals surface area contributed by atoms with E-state index in [1.165, 1.54) is 0 Å². The van der Waals surface area contributed by atoms with Crippen molar-refractivity contribution in [2.24, 2.45) is 5.16 Å². The molecule has 2 heterocycles. The van der Waals surface area contributed by atoms with Gasteiger partial charge < -0.3 is 15.6 Å². The number of hydrogen-bond donors (Lipinski definition) is 3. The SMILES string of the molecule is Cc1cc(NCCCCc2ccc(O)c(/C=N/O)n2)cc(C)n1.